The second kappa shape index (κ2) is 13.7. The zero-order valence-electron chi connectivity index (χ0n) is 24.3. The molecule has 220 valence electrons. The first-order valence-corrected chi connectivity index (χ1v) is 20.0. The van der Waals surface area contributed by atoms with Gasteiger partial charge in [-0.2, -0.15) is 6.67 Å². The topological polar surface area (TPSA) is 53.1 Å². The van der Waals surface area contributed by atoms with Gasteiger partial charge in [0, 0.05) is 24.5 Å². The van der Waals surface area contributed by atoms with Gasteiger partial charge >= 0.3 is 114 Å². The molecule has 0 aliphatic carbocycles. The van der Waals surface area contributed by atoms with Crippen molar-refractivity contribution in [3.05, 3.63) is 88.6 Å². The molecule has 0 spiro atoms. The number of nitrogens with zero attached hydrogens (tertiary/aromatic N) is 3. The number of halogens is 2. The van der Waals surface area contributed by atoms with Crippen LogP contribution in [0.2, 0.25) is 0 Å². The molecule has 0 bridgehead atoms. The maximum Gasteiger partial charge on any atom is 0.0146 e. The number of hydrogen-bond donors (Lipinski definition) is 0. The Balaban J connectivity index is 0.000000232. The molecule has 0 N–H and O–H groups in total. The minimum atomic E-state index is -3.43. The molecule has 0 aromatic heterocycles. The summed E-state index contributed by atoms with van der Waals surface area (Å²) in [6.07, 6.45) is 1.10. The number of methoxy groups -OCH3 is 1. The van der Waals surface area contributed by atoms with Crippen molar-refractivity contribution in [2.45, 2.75) is 41.5 Å². The van der Waals surface area contributed by atoms with Gasteiger partial charge in [0.2, 0.25) is 0 Å². The molecular weight excluding hydrogens is 654 g/mol. The van der Waals surface area contributed by atoms with Gasteiger partial charge in [0.05, 0.1) is 0 Å². The summed E-state index contributed by atoms with van der Waals surface area (Å²) in [5.41, 5.74) is 11.3. The monoisotopic (exact) mass is 692 g/mol. The first kappa shape index (κ1) is 32.4. The van der Waals surface area contributed by atoms with Crippen LogP contribution in [0, 0.1) is 48.2 Å². The van der Waals surface area contributed by atoms with E-state index < -0.39 is 23.5 Å². The van der Waals surface area contributed by atoms with Crippen LogP contribution < -0.4 is 18.8 Å². The van der Waals surface area contributed by atoms with Crippen LogP contribution in [-0.4, -0.2) is 39.6 Å². The molecule has 1 heterocycles. The van der Waals surface area contributed by atoms with Gasteiger partial charge in [-0.25, -0.2) is 0 Å². The minimum absolute atomic E-state index is 0.480. The van der Waals surface area contributed by atoms with Crippen molar-refractivity contribution in [2.24, 2.45) is 0 Å². The van der Waals surface area contributed by atoms with E-state index in [4.69, 9.17) is 24.1 Å². The molecule has 1 aliphatic heterocycles. The van der Waals surface area contributed by atoms with E-state index in [2.05, 4.69) is 82.3 Å². The van der Waals surface area contributed by atoms with Crippen molar-refractivity contribution >= 4 is 51.2 Å². The van der Waals surface area contributed by atoms with Crippen molar-refractivity contribution in [1.29, 1.82) is 0 Å². The molecule has 6 nitrogen and oxygen atoms in total. The Hall–Kier alpha value is -2.12. The first-order valence-electron chi connectivity index (χ1n) is 12.7. The van der Waals surface area contributed by atoms with Crippen LogP contribution in [0.1, 0.15) is 33.4 Å². The quantitative estimate of drug-likeness (QED) is 0.203. The Bertz CT molecular complexity index is 1380. The molecule has 0 amide bonds. The van der Waals surface area contributed by atoms with E-state index in [0.717, 1.165) is 23.7 Å². The predicted molar refractivity (Wildman–Crippen MR) is 168 cm³/mol. The van der Waals surface area contributed by atoms with E-state index in [-0.39, 0.29) is 0 Å². The predicted octanol–water partition coefficient (Wildman–Crippen LogP) is 7.13. The van der Waals surface area contributed by atoms with Gasteiger partial charge in [-0.05, 0) is 63.8 Å². The zero-order valence-corrected chi connectivity index (χ0v) is 28.3. The Kier molecular flexibility index (Phi) is 11.1. The van der Waals surface area contributed by atoms with E-state index in [1.54, 1.807) is 24.3 Å². The number of benzene rings is 3. The molecule has 40 heavy (non-hydrogen) atoms. The minimum Gasteiger partial charge on any atom is -0.502 e. The fraction of sp³-hybridized carbons (Fsp3) is 0.333. The summed E-state index contributed by atoms with van der Waals surface area (Å²) in [4.78, 5) is 4.81. The molecule has 1 fully saturated rings. The summed E-state index contributed by atoms with van der Waals surface area (Å²) in [5.74, 6) is 0.646. The van der Waals surface area contributed by atoms with Crippen molar-refractivity contribution in [1.82, 2.24) is 0 Å². The summed E-state index contributed by atoms with van der Waals surface area (Å²) >= 11 is -2.22. The van der Waals surface area contributed by atoms with E-state index >= 15 is 0 Å². The van der Waals surface area contributed by atoms with Crippen molar-refractivity contribution in [3.63, 3.8) is 0 Å². The Morgan fingerprint density at radius 1 is 0.825 bits per heavy atom. The standard InChI is InChI=1S/C21H27N2.C9H11NO3S.2ClH.Ru/c1-14-9-16(3)20(17(4)10-14)22-7-8-23(13-22)21-18(5)11-15(2)12-19(21)6;1-10(14(3,11)12)8-4-6-9(13-2)7-5-8;;;/h9-13H,7-8H2,1-6H3;1,4-7H,2-3H3;2*1H;/q-1;;;;+2/p-2. The van der Waals surface area contributed by atoms with Gasteiger partial charge in [-0.15, -0.1) is 0 Å². The number of hydrogen-bond acceptors (Lipinski definition) is 5. The first-order chi connectivity index (χ1) is 18.7. The normalized spacial score (nSPS) is 13.5. The smallest absolute Gasteiger partial charge is 0.0146 e. The summed E-state index contributed by atoms with van der Waals surface area (Å²) in [6.45, 7) is 17.6. The molecule has 0 atom stereocenters. The average molecular weight is 693 g/mol. The fourth-order valence-electron chi connectivity index (χ4n) is 5.19. The van der Waals surface area contributed by atoms with Crippen LogP contribution in [0.5, 0.6) is 5.75 Å². The Morgan fingerprint density at radius 2 is 1.23 bits per heavy atom. The van der Waals surface area contributed by atoms with Gasteiger partial charge in [0.15, 0.2) is 0 Å². The SMILES string of the molecule is COc1ccc(N([CH]=[Ru]([Cl])[Cl])S(C)(=O)=O)cc1.Cc1cc(C)c(N2[CH-]N(c3c(C)cc(C)cc3C)CC2)c(C)c1. The molecule has 1 aliphatic rings. The van der Waals surface area contributed by atoms with Crippen LogP contribution in [0.3, 0.4) is 0 Å². The summed E-state index contributed by atoms with van der Waals surface area (Å²) in [6, 6.07) is 15.7. The largest absolute Gasteiger partial charge is 0.502 e. The van der Waals surface area contributed by atoms with E-state index in [1.807, 2.05) is 0 Å². The molecule has 0 unspecified atom stereocenters. The van der Waals surface area contributed by atoms with E-state index in [1.165, 1.54) is 56.6 Å². The second-order valence-electron chi connectivity index (χ2n) is 10.0. The fourth-order valence-corrected chi connectivity index (χ4v) is 9.14. The maximum atomic E-state index is 11.6. The molecule has 3 aromatic carbocycles. The van der Waals surface area contributed by atoms with Crippen LogP contribution in [0.25, 0.3) is 0 Å². The van der Waals surface area contributed by atoms with Crippen molar-refractivity contribution in [2.75, 3.05) is 40.6 Å². The third kappa shape index (κ3) is 8.22. The van der Waals surface area contributed by atoms with Crippen LogP contribution in [-0.2, 0) is 23.5 Å². The number of sulfonamides is 1. The van der Waals surface area contributed by atoms with Gasteiger partial charge < -0.3 is 9.80 Å². The Morgan fingerprint density at radius 3 is 1.55 bits per heavy atom. The number of anilines is 3. The van der Waals surface area contributed by atoms with Crippen molar-refractivity contribution < 1.29 is 26.7 Å². The third-order valence-electron chi connectivity index (χ3n) is 6.54. The zero-order chi connectivity index (χ0) is 29.8. The van der Waals surface area contributed by atoms with E-state index in [9.17, 15) is 8.42 Å². The van der Waals surface area contributed by atoms with Crippen LogP contribution in [0.4, 0.5) is 17.1 Å². The maximum absolute atomic E-state index is 11.6. The van der Waals surface area contributed by atoms with E-state index in [0.29, 0.717) is 11.4 Å². The second-order valence-corrected chi connectivity index (χ2v) is 17.6. The van der Waals surface area contributed by atoms with Crippen LogP contribution >= 0.6 is 19.4 Å². The molecule has 0 saturated carbocycles. The summed E-state index contributed by atoms with van der Waals surface area (Å²) in [5, 5.41) is 0. The molecule has 0 radical (unpaired) electrons. The molecule has 1 saturated heterocycles. The molecular formula is C30H38Cl2N3O3RuS-. The number of aryl methyl sites for hydroxylation is 6. The molecule has 3 aromatic rings. The van der Waals surface area contributed by atoms with Crippen LogP contribution in [0.15, 0.2) is 48.5 Å². The summed E-state index contributed by atoms with van der Waals surface area (Å²) < 4.78 is 30.6. The molecule has 4 rings (SSSR count). The third-order valence-corrected chi connectivity index (χ3v) is 9.47. The Labute approximate surface area is 253 Å². The van der Waals surface area contributed by atoms with Gasteiger partial charge in [-0.3, -0.25) is 0 Å². The summed E-state index contributed by atoms with van der Waals surface area (Å²) in [7, 11) is 9.53. The van der Waals surface area contributed by atoms with Gasteiger partial charge in [0.25, 0.3) is 0 Å². The number of rotatable bonds is 6. The number of ether oxygens (including phenoxy) is 1. The van der Waals surface area contributed by atoms with Crippen molar-refractivity contribution in [3.8, 4) is 5.75 Å². The van der Waals surface area contributed by atoms with Gasteiger partial charge in [-0.1, -0.05) is 35.4 Å². The average Bonchev–Trinajstić information content (AvgIpc) is 3.30. The molecule has 10 heteroatoms. The van der Waals surface area contributed by atoms with Gasteiger partial charge in [0.1, 0.15) is 0 Å².